The van der Waals surface area contributed by atoms with Gasteiger partial charge in [-0.05, 0) is 42.5 Å². The second-order valence-corrected chi connectivity index (χ2v) is 5.44. The number of nitrogens with zero attached hydrogens (tertiary/aromatic N) is 1. The highest BCUT2D eigenvalue weighted by atomic mass is 16.5. The van der Waals surface area contributed by atoms with Gasteiger partial charge in [0.05, 0.1) is 5.69 Å². The summed E-state index contributed by atoms with van der Waals surface area (Å²) in [5.74, 6) is 0.0711. The minimum atomic E-state index is -0.231. The number of carbonyl (C=O) groups excluding carboxylic acids is 2. The molecule has 1 aliphatic rings. The zero-order chi connectivity index (χ0) is 16.4. The standard InChI is InChI=1S/C17H17N3O3/c1-20(2)13-6-4-12(5-7-13)18-17(22)11-3-8-14-15(9-11)23-10-16(21)19-14/h3-9H,10H2,1-2H3,(H,18,22)(H,19,21). The smallest absolute Gasteiger partial charge is 0.262 e. The van der Waals surface area contributed by atoms with Gasteiger partial charge in [-0.15, -0.1) is 0 Å². The molecule has 0 atom stereocenters. The molecule has 1 aliphatic heterocycles. The molecule has 1 heterocycles. The summed E-state index contributed by atoms with van der Waals surface area (Å²) in [6.45, 7) is -0.0376. The number of rotatable bonds is 3. The Balaban J connectivity index is 1.74. The average Bonchev–Trinajstić information content (AvgIpc) is 2.54. The molecule has 0 aromatic heterocycles. The van der Waals surface area contributed by atoms with Gasteiger partial charge in [0.25, 0.3) is 11.8 Å². The van der Waals surface area contributed by atoms with Gasteiger partial charge in [0.2, 0.25) is 0 Å². The van der Waals surface area contributed by atoms with Crippen molar-refractivity contribution in [1.82, 2.24) is 0 Å². The van der Waals surface area contributed by atoms with E-state index >= 15 is 0 Å². The van der Waals surface area contributed by atoms with E-state index in [2.05, 4.69) is 10.6 Å². The Kier molecular flexibility index (Phi) is 3.89. The maximum absolute atomic E-state index is 12.3. The highest BCUT2D eigenvalue weighted by Gasteiger charge is 2.17. The summed E-state index contributed by atoms with van der Waals surface area (Å²) in [6, 6.07) is 12.5. The van der Waals surface area contributed by atoms with Crippen LogP contribution in [0.2, 0.25) is 0 Å². The predicted octanol–water partition coefficient (Wildman–Crippen LogP) is 2.34. The normalized spacial score (nSPS) is 12.7. The van der Waals surface area contributed by atoms with Crippen molar-refractivity contribution in [2.45, 2.75) is 0 Å². The lowest BCUT2D eigenvalue weighted by Crippen LogP contribution is -2.25. The third-order valence-corrected chi connectivity index (χ3v) is 3.52. The number of anilines is 3. The fraction of sp³-hybridized carbons (Fsp3) is 0.176. The molecule has 3 rings (SSSR count). The molecule has 0 radical (unpaired) electrons. The number of hydrogen-bond donors (Lipinski definition) is 2. The first kappa shape index (κ1) is 14.9. The Bertz CT molecular complexity index is 754. The van der Waals surface area contributed by atoms with Crippen molar-refractivity contribution < 1.29 is 14.3 Å². The Morgan fingerprint density at radius 2 is 1.91 bits per heavy atom. The SMILES string of the molecule is CN(C)c1ccc(NC(=O)c2ccc3c(c2)OCC(=O)N3)cc1. The van der Waals surface area contributed by atoms with Gasteiger partial charge in [0.1, 0.15) is 5.75 Å². The molecule has 6 nitrogen and oxygen atoms in total. The van der Waals surface area contributed by atoms with E-state index in [-0.39, 0.29) is 18.4 Å². The molecule has 0 spiro atoms. The van der Waals surface area contributed by atoms with Crippen LogP contribution in [0.5, 0.6) is 5.75 Å². The third-order valence-electron chi connectivity index (χ3n) is 3.52. The molecule has 2 N–H and O–H groups in total. The summed E-state index contributed by atoms with van der Waals surface area (Å²) in [7, 11) is 3.92. The molecule has 118 valence electrons. The van der Waals surface area contributed by atoms with Crippen molar-refractivity contribution in [1.29, 1.82) is 0 Å². The molecule has 6 heteroatoms. The Morgan fingerprint density at radius 1 is 1.17 bits per heavy atom. The van der Waals surface area contributed by atoms with Crippen molar-refractivity contribution in [3.05, 3.63) is 48.0 Å². The zero-order valence-electron chi connectivity index (χ0n) is 12.9. The lowest BCUT2D eigenvalue weighted by molar-refractivity contribution is -0.118. The van der Waals surface area contributed by atoms with E-state index < -0.39 is 0 Å². The molecule has 23 heavy (non-hydrogen) atoms. The summed E-state index contributed by atoms with van der Waals surface area (Å²) in [5.41, 5.74) is 2.82. The van der Waals surface area contributed by atoms with E-state index in [0.29, 0.717) is 22.7 Å². The van der Waals surface area contributed by atoms with Crippen LogP contribution in [0.3, 0.4) is 0 Å². The third kappa shape index (κ3) is 3.26. The summed E-state index contributed by atoms with van der Waals surface area (Å²) in [4.78, 5) is 25.5. The number of fused-ring (bicyclic) bond motifs is 1. The fourth-order valence-corrected chi connectivity index (χ4v) is 2.26. The first-order valence-electron chi connectivity index (χ1n) is 7.18. The lowest BCUT2D eigenvalue weighted by Gasteiger charge is -2.18. The highest BCUT2D eigenvalue weighted by molar-refractivity contribution is 6.05. The van der Waals surface area contributed by atoms with Crippen LogP contribution in [0, 0.1) is 0 Å². The molecule has 0 saturated carbocycles. The number of nitrogens with one attached hydrogen (secondary N) is 2. The first-order chi connectivity index (χ1) is 11.0. The quantitative estimate of drug-likeness (QED) is 0.913. The number of hydrogen-bond acceptors (Lipinski definition) is 4. The van der Waals surface area contributed by atoms with E-state index in [1.165, 1.54) is 0 Å². The highest BCUT2D eigenvalue weighted by Crippen LogP contribution is 2.28. The van der Waals surface area contributed by atoms with Crippen LogP contribution in [-0.4, -0.2) is 32.5 Å². The average molecular weight is 311 g/mol. The minimum Gasteiger partial charge on any atom is -0.482 e. The Hall–Kier alpha value is -3.02. The zero-order valence-corrected chi connectivity index (χ0v) is 12.9. The lowest BCUT2D eigenvalue weighted by atomic mass is 10.1. The van der Waals surface area contributed by atoms with E-state index in [0.717, 1.165) is 5.69 Å². The molecular weight excluding hydrogens is 294 g/mol. The van der Waals surface area contributed by atoms with Crippen LogP contribution in [0.4, 0.5) is 17.1 Å². The number of amides is 2. The van der Waals surface area contributed by atoms with Gasteiger partial charge < -0.3 is 20.3 Å². The number of carbonyl (C=O) groups is 2. The van der Waals surface area contributed by atoms with Crippen molar-refractivity contribution in [2.75, 3.05) is 36.2 Å². The Morgan fingerprint density at radius 3 is 2.61 bits per heavy atom. The molecule has 0 bridgehead atoms. The Labute approximate surface area is 134 Å². The second kappa shape index (κ2) is 6.00. The van der Waals surface area contributed by atoms with Gasteiger partial charge in [-0.2, -0.15) is 0 Å². The largest absolute Gasteiger partial charge is 0.482 e. The molecule has 2 aromatic rings. The van der Waals surface area contributed by atoms with Gasteiger partial charge in [-0.25, -0.2) is 0 Å². The van der Waals surface area contributed by atoms with E-state index in [1.54, 1.807) is 18.2 Å². The monoisotopic (exact) mass is 311 g/mol. The summed E-state index contributed by atoms with van der Waals surface area (Å²) in [5, 5.41) is 5.53. The van der Waals surface area contributed by atoms with Crippen LogP contribution in [0.1, 0.15) is 10.4 Å². The van der Waals surface area contributed by atoms with Crippen molar-refractivity contribution in [2.24, 2.45) is 0 Å². The first-order valence-corrected chi connectivity index (χ1v) is 7.18. The van der Waals surface area contributed by atoms with Crippen molar-refractivity contribution >= 4 is 28.9 Å². The van der Waals surface area contributed by atoms with E-state index in [4.69, 9.17) is 4.74 Å². The van der Waals surface area contributed by atoms with Crippen molar-refractivity contribution in [3.63, 3.8) is 0 Å². The molecule has 2 amide bonds. The molecule has 0 aliphatic carbocycles. The minimum absolute atomic E-state index is 0.0376. The van der Waals surface area contributed by atoms with Gasteiger partial charge in [0.15, 0.2) is 6.61 Å². The molecule has 0 unspecified atom stereocenters. The molecule has 0 fully saturated rings. The van der Waals surface area contributed by atoms with Gasteiger partial charge in [0, 0.05) is 31.0 Å². The van der Waals surface area contributed by atoms with Crippen LogP contribution in [0.15, 0.2) is 42.5 Å². The second-order valence-electron chi connectivity index (χ2n) is 5.44. The molecule has 0 saturated heterocycles. The van der Waals surface area contributed by atoms with E-state index in [9.17, 15) is 9.59 Å². The maximum atomic E-state index is 12.3. The topological polar surface area (TPSA) is 70.7 Å². The van der Waals surface area contributed by atoms with Crippen LogP contribution in [0.25, 0.3) is 0 Å². The van der Waals surface area contributed by atoms with Gasteiger partial charge in [-0.1, -0.05) is 0 Å². The van der Waals surface area contributed by atoms with Crippen LogP contribution in [-0.2, 0) is 4.79 Å². The summed E-state index contributed by atoms with van der Waals surface area (Å²) >= 11 is 0. The summed E-state index contributed by atoms with van der Waals surface area (Å²) < 4.78 is 5.32. The number of ether oxygens (including phenoxy) is 1. The van der Waals surface area contributed by atoms with Crippen LogP contribution < -0.4 is 20.3 Å². The predicted molar refractivity (Wildman–Crippen MR) is 89.3 cm³/mol. The molecular formula is C17H17N3O3. The molecule has 2 aromatic carbocycles. The van der Waals surface area contributed by atoms with Crippen molar-refractivity contribution in [3.8, 4) is 5.75 Å². The van der Waals surface area contributed by atoms with Gasteiger partial charge >= 0.3 is 0 Å². The fourth-order valence-electron chi connectivity index (χ4n) is 2.26. The maximum Gasteiger partial charge on any atom is 0.262 e. The summed E-state index contributed by atoms with van der Waals surface area (Å²) in [6.07, 6.45) is 0. The van der Waals surface area contributed by atoms with E-state index in [1.807, 2.05) is 43.3 Å². The number of benzene rings is 2. The van der Waals surface area contributed by atoms with Crippen LogP contribution >= 0.6 is 0 Å². The van der Waals surface area contributed by atoms with Gasteiger partial charge in [-0.3, -0.25) is 9.59 Å².